The first-order valence-corrected chi connectivity index (χ1v) is 8.80. The molecule has 0 radical (unpaired) electrons. The summed E-state index contributed by atoms with van der Waals surface area (Å²) in [4.78, 5) is 24.2. The van der Waals surface area contributed by atoms with Crippen molar-refractivity contribution in [2.75, 3.05) is 11.9 Å². The van der Waals surface area contributed by atoms with Gasteiger partial charge in [-0.05, 0) is 56.2 Å². The van der Waals surface area contributed by atoms with Crippen LogP contribution in [0.4, 0.5) is 10.5 Å². The van der Waals surface area contributed by atoms with Crippen LogP contribution in [-0.4, -0.2) is 24.5 Å². The van der Waals surface area contributed by atoms with Gasteiger partial charge in [0.05, 0.1) is 10.6 Å². The Kier molecular flexibility index (Phi) is 5.41. The van der Waals surface area contributed by atoms with Crippen molar-refractivity contribution in [3.05, 3.63) is 40.9 Å². The molecule has 0 aliphatic heterocycles. The second-order valence-electron chi connectivity index (χ2n) is 6.43. The normalized spacial score (nSPS) is 19.6. The van der Waals surface area contributed by atoms with Crippen molar-refractivity contribution < 1.29 is 9.59 Å². The number of hydrogen-bond acceptors (Lipinski definition) is 2. The smallest absolute Gasteiger partial charge is 0.319 e. The van der Waals surface area contributed by atoms with Crippen LogP contribution in [0, 0.1) is 5.92 Å². The van der Waals surface area contributed by atoms with Crippen molar-refractivity contribution in [3.8, 4) is 0 Å². The van der Waals surface area contributed by atoms with Gasteiger partial charge in [-0.3, -0.25) is 4.79 Å². The van der Waals surface area contributed by atoms with Crippen LogP contribution < -0.4 is 16.0 Å². The summed E-state index contributed by atoms with van der Waals surface area (Å²) in [6, 6.07) is 4.94. The maximum atomic E-state index is 12.2. The Morgan fingerprint density at radius 2 is 2.00 bits per heavy atom. The molecule has 3 N–H and O–H groups in total. The van der Waals surface area contributed by atoms with E-state index in [4.69, 9.17) is 11.6 Å². The van der Waals surface area contributed by atoms with Crippen molar-refractivity contribution in [1.29, 1.82) is 0 Å². The maximum Gasteiger partial charge on any atom is 0.319 e. The molecule has 24 heavy (non-hydrogen) atoms. The van der Waals surface area contributed by atoms with Crippen molar-refractivity contribution in [1.82, 2.24) is 10.6 Å². The molecule has 1 aromatic carbocycles. The summed E-state index contributed by atoms with van der Waals surface area (Å²) >= 11 is 6.10. The van der Waals surface area contributed by atoms with Gasteiger partial charge < -0.3 is 16.0 Å². The van der Waals surface area contributed by atoms with Gasteiger partial charge in [0.25, 0.3) is 5.91 Å². The van der Waals surface area contributed by atoms with Crippen LogP contribution in [0.25, 0.3) is 0 Å². The Morgan fingerprint density at radius 1 is 1.17 bits per heavy atom. The number of benzene rings is 1. The molecule has 5 nitrogen and oxygen atoms in total. The third-order valence-corrected chi connectivity index (χ3v) is 4.64. The third-order valence-electron chi connectivity index (χ3n) is 4.31. The van der Waals surface area contributed by atoms with Crippen molar-refractivity contribution >= 4 is 29.2 Å². The van der Waals surface area contributed by atoms with Gasteiger partial charge in [0.15, 0.2) is 0 Å². The topological polar surface area (TPSA) is 70.2 Å². The van der Waals surface area contributed by atoms with E-state index in [9.17, 15) is 9.59 Å². The molecule has 0 saturated heterocycles. The molecule has 6 heteroatoms. The number of anilines is 1. The maximum absolute atomic E-state index is 12.2. The Labute approximate surface area is 146 Å². The van der Waals surface area contributed by atoms with E-state index in [0.29, 0.717) is 28.7 Å². The molecule has 0 spiro atoms. The van der Waals surface area contributed by atoms with Gasteiger partial charge in [0.1, 0.15) is 0 Å². The van der Waals surface area contributed by atoms with E-state index in [2.05, 4.69) is 28.1 Å². The molecule has 1 saturated carbocycles. The first-order valence-electron chi connectivity index (χ1n) is 8.42. The van der Waals surface area contributed by atoms with E-state index in [1.807, 2.05) is 0 Å². The third kappa shape index (κ3) is 4.74. The van der Waals surface area contributed by atoms with E-state index >= 15 is 0 Å². The van der Waals surface area contributed by atoms with Gasteiger partial charge in [-0.2, -0.15) is 0 Å². The number of nitrogens with one attached hydrogen (secondary N) is 3. The first-order chi connectivity index (χ1) is 11.6. The molecule has 1 atom stereocenters. The molecule has 0 bridgehead atoms. The van der Waals surface area contributed by atoms with Gasteiger partial charge in [-0.15, -0.1) is 0 Å². The van der Waals surface area contributed by atoms with Gasteiger partial charge in [-0.1, -0.05) is 23.8 Å². The number of urea groups is 1. The summed E-state index contributed by atoms with van der Waals surface area (Å²) in [6.07, 6.45) is 9.55. The van der Waals surface area contributed by atoms with Crippen LogP contribution in [-0.2, 0) is 0 Å². The van der Waals surface area contributed by atoms with E-state index in [1.54, 1.807) is 18.2 Å². The average Bonchev–Trinajstić information content (AvgIpc) is 3.39. The molecule has 2 aliphatic rings. The summed E-state index contributed by atoms with van der Waals surface area (Å²) in [5.74, 6) is 0.298. The highest BCUT2D eigenvalue weighted by Crippen LogP contribution is 2.24. The van der Waals surface area contributed by atoms with Gasteiger partial charge in [0, 0.05) is 18.3 Å². The fourth-order valence-corrected chi connectivity index (χ4v) is 2.93. The Morgan fingerprint density at radius 3 is 2.71 bits per heavy atom. The van der Waals surface area contributed by atoms with Crippen LogP contribution >= 0.6 is 11.6 Å². The highest BCUT2D eigenvalue weighted by Gasteiger charge is 2.25. The summed E-state index contributed by atoms with van der Waals surface area (Å²) in [5.41, 5.74) is 0.945. The highest BCUT2D eigenvalue weighted by atomic mass is 35.5. The molecule has 1 aromatic rings. The summed E-state index contributed by atoms with van der Waals surface area (Å²) in [7, 11) is 0. The van der Waals surface area contributed by atoms with Gasteiger partial charge >= 0.3 is 6.03 Å². The Bertz CT molecular complexity index is 656. The molecule has 0 heterocycles. The van der Waals surface area contributed by atoms with Crippen molar-refractivity contribution in [3.63, 3.8) is 0 Å². The first kappa shape index (κ1) is 16.8. The van der Waals surface area contributed by atoms with Crippen LogP contribution in [0.15, 0.2) is 30.4 Å². The van der Waals surface area contributed by atoms with Crippen LogP contribution in [0.3, 0.4) is 0 Å². The Hall–Kier alpha value is -2.01. The number of halogens is 1. The minimum atomic E-state index is -0.263. The minimum Gasteiger partial charge on any atom is -0.349 e. The summed E-state index contributed by atoms with van der Waals surface area (Å²) in [6.45, 7) is 0.652. The zero-order chi connectivity index (χ0) is 16.9. The van der Waals surface area contributed by atoms with Crippen molar-refractivity contribution in [2.45, 2.75) is 38.1 Å². The number of carbonyl (C=O) groups is 2. The van der Waals surface area contributed by atoms with E-state index < -0.39 is 0 Å². The van der Waals surface area contributed by atoms with Crippen LogP contribution in [0.1, 0.15) is 42.5 Å². The summed E-state index contributed by atoms with van der Waals surface area (Å²) in [5, 5.41) is 8.94. The molecule has 0 unspecified atom stereocenters. The molecule has 0 aromatic heterocycles. The lowest BCUT2D eigenvalue weighted by Gasteiger charge is -2.18. The molecule has 3 rings (SSSR count). The molecule has 2 aliphatic carbocycles. The number of carbonyl (C=O) groups excluding carboxylic acids is 2. The predicted molar refractivity (Wildman–Crippen MR) is 95.4 cm³/mol. The van der Waals surface area contributed by atoms with Crippen LogP contribution in [0.2, 0.25) is 5.02 Å². The van der Waals surface area contributed by atoms with E-state index in [1.165, 1.54) is 0 Å². The Balaban J connectivity index is 1.54. The fourth-order valence-electron chi connectivity index (χ4n) is 2.72. The number of hydrogen-bond donors (Lipinski definition) is 3. The van der Waals surface area contributed by atoms with E-state index in [0.717, 1.165) is 32.1 Å². The van der Waals surface area contributed by atoms with Gasteiger partial charge in [-0.25, -0.2) is 4.79 Å². The lowest BCUT2D eigenvalue weighted by Crippen LogP contribution is -2.33. The molecular formula is C18H22ClN3O2. The largest absolute Gasteiger partial charge is 0.349 e. The molecule has 128 valence electrons. The second kappa shape index (κ2) is 7.71. The minimum absolute atomic E-state index is 0.194. The molecular weight excluding hydrogens is 326 g/mol. The second-order valence-corrected chi connectivity index (χ2v) is 6.84. The lowest BCUT2D eigenvalue weighted by molar-refractivity contribution is 0.0951. The monoisotopic (exact) mass is 347 g/mol. The molecule has 3 amide bonds. The van der Waals surface area contributed by atoms with Crippen molar-refractivity contribution in [2.24, 2.45) is 5.92 Å². The quantitative estimate of drug-likeness (QED) is 0.710. The number of allylic oxidation sites excluding steroid dienone is 2. The average molecular weight is 348 g/mol. The lowest BCUT2D eigenvalue weighted by atomic mass is 9.94. The van der Waals surface area contributed by atoms with Gasteiger partial charge in [0.2, 0.25) is 0 Å². The SMILES string of the molecule is O=C(NC[C@@H]1CC=CCC1)Nc1ccc(Cl)c(C(=O)NC2CC2)c1. The highest BCUT2D eigenvalue weighted by molar-refractivity contribution is 6.34. The standard InChI is InChI=1S/C18H22ClN3O2/c19-16-9-8-14(10-15(16)17(23)21-13-6-7-13)22-18(24)20-11-12-4-2-1-3-5-12/h1-2,8-10,12-13H,3-7,11H2,(H,21,23)(H2,20,22,24)/t12-/m1/s1. The van der Waals surface area contributed by atoms with E-state index in [-0.39, 0.29) is 18.0 Å². The number of rotatable bonds is 5. The number of amides is 3. The van der Waals surface area contributed by atoms with Crippen LogP contribution in [0.5, 0.6) is 0 Å². The predicted octanol–water partition coefficient (Wildman–Crippen LogP) is 3.71. The fraction of sp³-hybridized carbons (Fsp3) is 0.444. The zero-order valence-corrected chi connectivity index (χ0v) is 14.2. The summed E-state index contributed by atoms with van der Waals surface area (Å²) < 4.78 is 0. The zero-order valence-electron chi connectivity index (χ0n) is 13.5. The molecule has 1 fully saturated rings.